The fourth-order valence-corrected chi connectivity index (χ4v) is 6.72. The molecule has 1 saturated carbocycles. The minimum atomic E-state index is -0.176. The van der Waals surface area contributed by atoms with Gasteiger partial charge in [0.1, 0.15) is 11.5 Å². The van der Waals surface area contributed by atoms with Gasteiger partial charge in [0, 0.05) is 31.3 Å². The maximum absolute atomic E-state index is 13.3. The molecule has 1 aliphatic heterocycles. The first-order chi connectivity index (χ1) is 18.6. The molecule has 4 rings (SSSR count). The van der Waals surface area contributed by atoms with Gasteiger partial charge in [-0.25, -0.2) is 0 Å². The third-order valence-electron chi connectivity index (χ3n) is 7.47. The molecule has 2 aromatic rings. The molecule has 1 aliphatic carbocycles. The van der Waals surface area contributed by atoms with Gasteiger partial charge in [-0.05, 0) is 55.0 Å². The summed E-state index contributed by atoms with van der Waals surface area (Å²) in [5, 5.41) is 16.0. The van der Waals surface area contributed by atoms with Crippen LogP contribution in [0, 0.1) is 5.92 Å². The van der Waals surface area contributed by atoms with Crippen molar-refractivity contribution in [3.8, 4) is 11.5 Å². The first-order valence-corrected chi connectivity index (χ1v) is 15.5. The maximum atomic E-state index is 13.3. The van der Waals surface area contributed by atoms with Crippen molar-refractivity contribution in [3.05, 3.63) is 60.2 Å². The van der Waals surface area contributed by atoms with Gasteiger partial charge >= 0.3 is 0 Å². The molecule has 1 saturated heterocycles. The van der Waals surface area contributed by atoms with Crippen molar-refractivity contribution in [1.29, 1.82) is 0 Å². The Morgan fingerprint density at radius 1 is 1.08 bits per heavy atom. The maximum Gasteiger partial charge on any atom is 0.238 e. The highest BCUT2D eigenvalue weighted by Crippen LogP contribution is 2.28. The molecular formula is C30H41N3O3S2. The summed E-state index contributed by atoms with van der Waals surface area (Å²) >= 11 is 7.62. The predicted molar refractivity (Wildman–Crippen MR) is 160 cm³/mol. The molecule has 0 bridgehead atoms. The number of para-hydroxylation sites is 1. The third kappa shape index (κ3) is 8.97. The number of nitrogens with zero attached hydrogens (tertiary/aromatic N) is 1. The van der Waals surface area contributed by atoms with Crippen LogP contribution in [-0.4, -0.2) is 57.8 Å². The van der Waals surface area contributed by atoms with Gasteiger partial charge in [0.25, 0.3) is 0 Å². The van der Waals surface area contributed by atoms with Crippen LogP contribution in [0.1, 0.15) is 56.9 Å². The zero-order valence-electron chi connectivity index (χ0n) is 22.1. The van der Waals surface area contributed by atoms with E-state index >= 15 is 0 Å². The Labute approximate surface area is 236 Å². The summed E-state index contributed by atoms with van der Waals surface area (Å²) < 4.78 is 5.90. The number of nitrogens with one attached hydrogen (secondary N) is 2. The monoisotopic (exact) mass is 555 g/mol. The number of amides is 1. The van der Waals surface area contributed by atoms with Crippen LogP contribution in [-0.2, 0) is 11.3 Å². The van der Waals surface area contributed by atoms with Crippen LogP contribution in [0.3, 0.4) is 0 Å². The van der Waals surface area contributed by atoms with Crippen molar-refractivity contribution >= 4 is 34.9 Å². The smallest absolute Gasteiger partial charge is 0.238 e. The quantitative estimate of drug-likeness (QED) is 0.282. The van der Waals surface area contributed by atoms with Crippen molar-refractivity contribution in [2.45, 2.75) is 70.0 Å². The van der Waals surface area contributed by atoms with Gasteiger partial charge in [0.15, 0.2) is 0 Å². The van der Waals surface area contributed by atoms with E-state index in [4.69, 9.17) is 17.0 Å². The standard InChI is InChI=1S/C30H41N3O3S2/c34-19-7-18-33-22-38-21-28(33)29(35)32-27(17-14-23-8-3-1-4-9-23)30(37)31-20-24-12-15-26(16-13-24)36-25-10-5-2-6-11-25/h2,5-6,10-13,15-16,23,27-28,34H,1,3-4,7-9,14,17-22H2,(H,31,37)(H,32,35)/t27-,28+/m1/s1. The van der Waals surface area contributed by atoms with Gasteiger partial charge < -0.3 is 20.5 Å². The Morgan fingerprint density at radius 3 is 2.55 bits per heavy atom. The molecule has 8 heteroatoms. The highest BCUT2D eigenvalue weighted by Gasteiger charge is 2.32. The van der Waals surface area contributed by atoms with E-state index in [0.29, 0.717) is 18.0 Å². The number of hydrogen-bond donors (Lipinski definition) is 3. The highest BCUT2D eigenvalue weighted by molar-refractivity contribution is 7.99. The minimum absolute atomic E-state index is 0.0492. The summed E-state index contributed by atoms with van der Waals surface area (Å²) in [6.07, 6.45) is 9.17. The number of carbonyl (C=O) groups is 1. The molecule has 0 spiro atoms. The zero-order chi connectivity index (χ0) is 26.6. The predicted octanol–water partition coefficient (Wildman–Crippen LogP) is 5.50. The van der Waals surface area contributed by atoms with Crippen LogP contribution < -0.4 is 15.4 Å². The average Bonchev–Trinajstić information content (AvgIpc) is 3.43. The van der Waals surface area contributed by atoms with E-state index in [1.807, 2.05) is 54.6 Å². The second kappa shape index (κ2) is 15.5. The molecule has 1 amide bonds. The van der Waals surface area contributed by atoms with Crippen LogP contribution >= 0.6 is 24.0 Å². The van der Waals surface area contributed by atoms with Crippen LogP contribution in [0.4, 0.5) is 0 Å². The lowest BCUT2D eigenvalue weighted by atomic mass is 9.85. The minimum Gasteiger partial charge on any atom is -0.457 e. The van der Waals surface area contributed by atoms with Crippen molar-refractivity contribution in [3.63, 3.8) is 0 Å². The van der Waals surface area contributed by atoms with Crippen LogP contribution in [0.25, 0.3) is 0 Å². The number of benzene rings is 2. The second-order valence-electron chi connectivity index (χ2n) is 10.3. The van der Waals surface area contributed by atoms with E-state index in [-0.39, 0.29) is 24.6 Å². The molecule has 38 heavy (non-hydrogen) atoms. The molecule has 1 heterocycles. The van der Waals surface area contributed by atoms with E-state index in [1.54, 1.807) is 11.8 Å². The van der Waals surface area contributed by atoms with Crippen LogP contribution in [0.5, 0.6) is 11.5 Å². The topological polar surface area (TPSA) is 73.8 Å². The van der Waals surface area contributed by atoms with Gasteiger partial charge in [-0.2, -0.15) is 0 Å². The summed E-state index contributed by atoms with van der Waals surface area (Å²) in [6.45, 7) is 1.48. The van der Waals surface area contributed by atoms with Gasteiger partial charge in [-0.1, -0.05) is 74.7 Å². The van der Waals surface area contributed by atoms with Crippen molar-refractivity contribution in [2.75, 3.05) is 24.8 Å². The number of thiocarbonyl (C=S) groups is 1. The number of rotatable bonds is 13. The zero-order valence-corrected chi connectivity index (χ0v) is 23.8. The Morgan fingerprint density at radius 2 is 1.82 bits per heavy atom. The molecule has 0 radical (unpaired) electrons. The molecule has 2 atom stereocenters. The summed E-state index contributed by atoms with van der Waals surface area (Å²) in [4.78, 5) is 16.2. The largest absolute Gasteiger partial charge is 0.457 e. The Kier molecular flexibility index (Phi) is 11.7. The van der Waals surface area contributed by atoms with E-state index in [1.165, 1.54) is 32.1 Å². The number of ether oxygens (including phenoxy) is 1. The van der Waals surface area contributed by atoms with Gasteiger partial charge in [-0.3, -0.25) is 9.69 Å². The number of carbonyl (C=O) groups excluding carboxylic acids is 1. The molecule has 2 fully saturated rings. The third-order valence-corrected chi connectivity index (χ3v) is 8.96. The molecule has 2 aliphatic rings. The van der Waals surface area contributed by atoms with E-state index in [9.17, 15) is 9.90 Å². The number of aliphatic hydroxyl groups is 1. The fourth-order valence-electron chi connectivity index (χ4n) is 5.24. The Balaban J connectivity index is 1.33. The summed E-state index contributed by atoms with van der Waals surface area (Å²) in [5.74, 6) is 3.99. The van der Waals surface area contributed by atoms with E-state index in [2.05, 4.69) is 15.5 Å². The summed E-state index contributed by atoms with van der Waals surface area (Å²) in [6, 6.07) is 17.4. The SMILES string of the molecule is O=C(N[C@H](CCC1CCCCC1)C(=S)NCc1ccc(Oc2ccccc2)cc1)[C@@H]1CSCN1CCCO. The van der Waals surface area contributed by atoms with Gasteiger partial charge in [-0.15, -0.1) is 11.8 Å². The lowest BCUT2D eigenvalue weighted by Gasteiger charge is -2.28. The van der Waals surface area contributed by atoms with Gasteiger partial charge in [0.05, 0.1) is 17.1 Å². The fraction of sp³-hybridized carbons (Fsp3) is 0.533. The highest BCUT2D eigenvalue weighted by atomic mass is 32.2. The molecule has 6 nitrogen and oxygen atoms in total. The number of hydrogen-bond acceptors (Lipinski definition) is 6. The van der Waals surface area contributed by atoms with E-state index < -0.39 is 0 Å². The molecule has 206 valence electrons. The van der Waals surface area contributed by atoms with Crippen LogP contribution in [0.2, 0.25) is 0 Å². The lowest BCUT2D eigenvalue weighted by molar-refractivity contribution is -0.125. The van der Waals surface area contributed by atoms with Crippen molar-refractivity contribution in [2.24, 2.45) is 5.92 Å². The van der Waals surface area contributed by atoms with Crippen molar-refractivity contribution < 1.29 is 14.6 Å². The number of aliphatic hydroxyl groups excluding tert-OH is 1. The molecule has 3 N–H and O–H groups in total. The second-order valence-corrected chi connectivity index (χ2v) is 11.8. The Bertz CT molecular complexity index is 1000. The molecule has 0 unspecified atom stereocenters. The lowest BCUT2D eigenvalue weighted by Crippen LogP contribution is -2.52. The normalized spacial score (nSPS) is 19.1. The van der Waals surface area contributed by atoms with Gasteiger partial charge in [0.2, 0.25) is 5.91 Å². The van der Waals surface area contributed by atoms with Crippen LogP contribution in [0.15, 0.2) is 54.6 Å². The number of thioether (sulfide) groups is 1. The average molecular weight is 556 g/mol. The molecule has 2 aromatic carbocycles. The Hall–Kier alpha value is -2.13. The first-order valence-electron chi connectivity index (χ1n) is 13.9. The summed E-state index contributed by atoms with van der Waals surface area (Å²) in [5.41, 5.74) is 1.10. The van der Waals surface area contributed by atoms with E-state index in [0.717, 1.165) is 54.0 Å². The first kappa shape index (κ1) is 28.9. The molecule has 0 aromatic heterocycles. The van der Waals surface area contributed by atoms with Crippen molar-refractivity contribution in [1.82, 2.24) is 15.5 Å². The summed E-state index contributed by atoms with van der Waals surface area (Å²) in [7, 11) is 0. The molecular weight excluding hydrogens is 514 g/mol.